The zero-order valence-electron chi connectivity index (χ0n) is 16.5. The Morgan fingerprint density at radius 2 is 1.89 bits per heavy atom. The second kappa shape index (κ2) is 9.48. The number of aryl methyl sites for hydroxylation is 2. The van der Waals surface area contributed by atoms with Crippen LogP contribution in [0.1, 0.15) is 23.6 Å². The molecule has 0 bridgehead atoms. The van der Waals surface area contributed by atoms with Crippen LogP contribution in [0.3, 0.4) is 0 Å². The monoisotopic (exact) mass is 403 g/mol. The first-order valence-corrected chi connectivity index (χ1v) is 10.2. The van der Waals surface area contributed by atoms with Crippen molar-refractivity contribution in [1.29, 1.82) is 0 Å². The molecule has 0 spiro atoms. The molecule has 2 aromatic carbocycles. The van der Waals surface area contributed by atoms with Gasteiger partial charge >= 0.3 is 0 Å². The highest BCUT2D eigenvalue weighted by molar-refractivity contribution is 7.89. The van der Waals surface area contributed by atoms with E-state index < -0.39 is 15.9 Å². The van der Waals surface area contributed by atoms with Gasteiger partial charge in [0.25, 0.3) is 5.91 Å². The van der Waals surface area contributed by atoms with E-state index in [1.807, 2.05) is 24.3 Å². The molecular weight excluding hydrogens is 378 g/mol. The summed E-state index contributed by atoms with van der Waals surface area (Å²) in [7, 11) is -0.933. The molecule has 1 N–H and O–H groups in total. The third-order valence-corrected chi connectivity index (χ3v) is 6.03. The van der Waals surface area contributed by atoms with Gasteiger partial charge in [-0.15, -0.1) is 0 Å². The fourth-order valence-electron chi connectivity index (χ4n) is 2.53. The molecule has 7 nitrogen and oxygen atoms in total. The van der Waals surface area contributed by atoms with E-state index in [1.54, 1.807) is 13.0 Å². The van der Waals surface area contributed by atoms with Crippen LogP contribution in [-0.2, 0) is 21.2 Å². The molecule has 0 radical (unpaired) electrons. The van der Waals surface area contributed by atoms with Gasteiger partial charge in [0, 0.05) is 7.05 Å². The predicted octanol–water partition coefficient (Wildman–Crippen LogP) is 2.34. The quantitative estimate of drug-likeness (QED) is 0.541. The number of carbonyl (C=O) groups excluding carboxylic acids is 1. The average Bonchev–Trinajstić information content (AvgIpc) is 2.68. The maximum Gasteiger partial charge on any atom is 0.255 e. The number of likely N-dealkylation sites (N-methyl/N-ethyl adjacent to an activating group) is 1. The number of hydrogen-bond acceptors (Lipinski definition) is 5. The Kier molecular flexibility index (Phi) is 7.31. The van der Waals surface area contributed by atoms with Crippen molar-refractivity contribution in [2.75, 3.05) is 20.7 Å². The maximum absolute atomic E-state index is 12.6. The number of amides is 1. The first-order valence-electron chi connectivity index (χ1n) is 8.79. The molecule has 2 aromatic rings. The van der Waals surface area contributed by atoms with Crippen molar-refractivity contribution in [2.45, 2.75) is 25.2 Å². The summed E-state index contributed by atoms with van der Waals surface area (Å²) >= 11 is 0. The van der Waals surface area contributed by atoms with Crippen molar-refractivity contribution in [2.24, 2.45) is 5.10 Å². The minimum Gasteiger partial charge on any atom is -0.496 e. The van der Waals surface area contributed by atoms with Crippen LogP contribution in [0.4, 0.5) is 0 Å². The molecule has 0 atom stereocenters. The number of hydrogen-bond donors (Lipinski definition) is 1. The largest absolute Gasteiger partial charge is 0.496 e. The van der Waals surface area contributed by atoms with Crippen molar-refractivity contribution in [3.63, 3.8) is 0 Å². The Morgan fingerprint density at radius 3 is 2.46 bits per heavy atom. The summed E-state index contributed by atoms with van der Waals surface area (Å²) in [4.78, 5) is 12.1. The third-order valence-electron chi connectivity index (χ3n) is 4.23. The van der Waals surface area contributed by atoms with Gasteiger partial charge in [-0.25, -0.2) is 13.8 Å². The van der Waals surface area contributed by atoms with Crippen LogP contribution in [0, 0.1) is 6.92 Å². The highest BCUT2D eigenvalue weighted by Gasteiger charge is 2.23. The smallest absolute Gasteiger partial charge is 0.255 e. The van der Waals surface area contributed by atoms with E-state index in [4.69, 9.17) is 4.74 Å². The number of sulfonamides is 1. The molecular formula is C20H25N3O4S. The van der Waals surface area contributed by atoms with Gasteiger partial charge in [0.1, 0.15) is 5.75 Å². The van der Waals surface area contributed by atoms with E-state index in [9.17, 15) is 13.2 Å². The van der Waals surface area contributed by atoms with Gasteiger partial charge in [0.05, 0.1) is 24.8 Å². The van der Waals surface area contributed by atoms with Gasteiger partial charge < -0.3 is 4.74 Å². The lowest BCUT2D eigenvalue weighted by molar-refractivity contribution is -0.121. The minimum absolute atomic E-state index is 0.0978. The summed E-state index contributed by atoms with van der Waals surface area (Å²) in [6, 6.07) is 12.3. The Hall–Kier alpha value is -2.71. The summed E-state index contributed by atoms with van der Waals surface area (Å²) < 4.78 is 31.4. The van der Waals surface area contributed by atoms with Crippen molar-refractivity contribution in [3.8, 4) is 5.75 Å². The van der Waals surface area contributed by atoms with Crippen LogP contribution in [0.5, 0.6) is 5.75 Å². The van der Waals surface area contributed by atoms with Crippen LogP contribution >= 0.6 is 0 Å². The number of benzene rings is 2. The summed E-state index contributed by atoms with van der Waals surface area (Å²) in [5, 5.41) is 3.88. The van der Waals surface area contributed by atoms with Crippen LogP contribution in [0.2, 0.25) is 0 Å². The fraction of sp³-hybridized carbons (Fsp3) is 0.300. The lowest BCUT2D eigenvalue weighted by Crippen LogP contribution is -2.36. The van der Waals surface area contributed by atoms with Crippen molar-refractivity contribution < 1.29 is 17.9 Å². The summed E-state index contributed by atoms with van der Waals surface area (Å²) in [6.45, 7) is 3.48. The summed E-state index contributed by atoms with van der Waals surface area (Å²) in [5.41, 5.74) is 5.09. The first kappa shape index (κ1) is 21.6. The van der Waals surface area contributed by atoms with E-state index in [1.165, 1.54) is 38.1 Å². The lowest BCUT2D eigenvalue weighted by Gasteiger charge is -2.17. The van der Waals surface area contributed by atoms with Crippen LogP contribution in [-0.4, -0.2) is 45.5 Å². The zero-order valence-corrected chi connectivity index (χ0v) is 17.3. The second-order valence-corrected chi connectivity index (χ2v) is 8.33. The Labute approximate surface area is 166 Å². The normalized spacial score (nSPS) is 11.8. The van der Waals surface area contributed by atoms with Gasteiger partial charge in [-0.05, 0) is 48.2 Å². The van der Waals surface area contributed by atoms with Crippen LogP contribution in [0.25, 0.3) is 0 Å². The molecule has 0 aliphatic heterocycles. The fourth-order valence-corrected chi connectivity index (χ4v) is 3.74. The molecule has 28 heavy (non-hydrogen) atoms. The van der Waals surface area contributed by atoms with Gasteiger partial charge in [-0.2, -0.15) is 9.41 Å². The molecule has 0 aliphatic carbocycles. The number of carbonyl (C=O) groups is 1. The molecule has 8 heteroatoms. The maximum atomic E-state index is 12.6. The van der Waals surface area contributed by atoms with Crippen LogP contribution < -0.4 is 10.2 Å². The zero-order chi connectivity index (χ0) is 20.7. The highest BCUT2D eigenvalue weighted by atomic mass is 32.2. The molecule has 0 heterocycles. The topological polar surface area (TPSA) is 88.1 Å². The second-order valence-electron chi connectivity index (χ2n) is 6.28. The van der Waals surface area contributed by atoms with Crippen molar-refractivity contribution in [3.05, 3.63) is 59.2 Å². The molecule has 0 saturated carbocycles. The van der Waals surface area contributed by atoms with Crippen LogP contribution in [0.15, 0.2) is 52.5 Å². The number of hydrazone groups is 1. The standard InChI is InChI=1S/C20H25N3O4S/c1-5-16-6-8-17(9-7-16)13-21-22-20(24)14-23(3)28(25,26)18-10-11-19(27-4)15(2)12-18/h6-13H,5,14H2,1-4H3,(H,22,24)/b21-13-. The van der Waals surface area contributed by atoms with E-state index in [-0.39, 0.29) is 11.4 Å². The van der Waals surface area contributed by atoms with Crippen molar-refractivity contribution >= 4 is 22.1 Å². The van der Waals surface area contributed by atoms with E-state index in [0.29, 0.717) is 11.3 Å². The Balaban J connectivity index is 1.98. The molecule has 0 saturated heterocycles. The van der Waals surface area contributed by atoms with E-state index >= 15 is 0 Å². The lowest BCUT2D eigenvalue weighted by atomic mass is 10.1. The Bertz CT molecular complexity index is 954. The predicted molar refractivity (Wildman–Crippen MR) is 109 cm³/mol. The minimum atomic E-state index is -3.80. The van der Waals surface area contributed by atoms with Crippen molar-refractivity contribution in [1.82, 2.24) is 9.73 Å². The molecule has 150 valence electrons. The number of ether oxygens (including phenoxy) is 1. The average molecular weight is 404 g/mol. The van der Waals surface area contributed by atoms with Gasteiger partial charge in [0.2, 0.25) is 10.0 Å². The number of rotatable bonds is 8. The molecule has 0 aromatic heterocycles. The molecule has 0 fully saturated rings. The molecule has 1 amide bonds. The number of methoxy groups -OCH3 is 1. The van der Waals surface area contributed by atoms with Gasteiger partial charge in [0.15, 0.2) is 0 Å². The highest BCUT2D eigenvalue weighted by Crippen LogP contribution is 2.23. The first-order chi connectivity index (χ1) is 13.3. The number of nitrogens with one attached hydrogen (secondary N) is 1. The summed E-state index contributed by atoms with van der Waals surface area (Å²) in [5.74, 6) is 0.0680. The van der Waals surface area contributed by atoms with E-state index in [2.05, 4.69) is 17.5 Å². The number of nitrogens with zero attached hydrogens (tertiary/aromatic N) is 2. The van der Waals surface area contributed by atoms with E-state index in [0.717, 1.165) is 16.3 Å². The summed E-state index contributed by atoms with van der Waals surface area (Å²) in [6.07, 6.45) is 2.46. The third kappa shape index (κ3) is 5.40. The van der Waals surface area contributed by atoms with Gasteiger partial charge in [-0.1, -0.05) is 31.2 Å². The molecule has 0 unspecified atom stereocenters. The molecule has 0 aliphatic rings. The SMILES string of the molecule is CCc1ccc(/C=N\NC(=O)CN(C)S(=O)(=O)c2ccc(OC)c(C)c2)cc1. The van der Waals surface area contributed by atoms with Gasteiger partial charge in [-0.3, -0.25) is 4.79 Å². The molecule has 2 rings (SSSR count). The Morgan fingerprint density at radius 1 is 1.21 bits per heavy atom.